The summed E-state index contributed by atoms with van der Waals surface area (Å²) in [4.78, 5) is 4.15. The molecular weight excluding hydrogens is 188 g/mol. The van der Waals surface area contributed by atoms with Crippen LogP contribution in [-0.4, -0.2) is 19.0 Å². The molecule has 0 atom stereocenters. The molecule has 0 N–H and O–H groups in total. The van der Waals surface area contributed by atoms with E-state index in [0.717, 1.165) is 11.4 Å². The van der Waals surface area contributed by atoms with Crippen molar-refractivity contribution in [3.8, 4) is 0 Å². The lowest BCUT2D eigenvalue weighted by Crippen LogP contribution is -1.86. The molecule has 3 rings (SSSR count). The standard InChI is InChI=1S/C8H5ClN4/c9-6-2-1-3-7-11-12-5-4-10-8(12)13(6)7/h1-5H. The van der Waals surface area contributed by atoms with Gasteiger partial charge in [0.2, 0.25) is 5.78 Å². The van der Waals surface area contributed by atoms with Crippen LogP contribution in [0.5, 0.6) is 0 Å². The number of aromatic nitrogens is 4. The zero-order chi connectivity index (χ0) is 8.84. The normalized spacial score (nSPS) is 11.5. The van der Waals surface area contributed by atoms with Crippen LogP contribution in [0.3, 0.4) is 0 Å². The molecule has 13 heavy (non-hydrogen) atoms. The molecule has 0 aliphatic rings. The van der Waals surface area contributed by atoms with Gasteiger partial charge in [-0.3, -0.25) is 4.40 Å². The van der Waals surface area contributed by atoms with Crippen molar-refractivity contribution in [1.29, 1.82) is 0 Å². The molecule has 0 aromatic carbocycles. The summed E-state index contributed by atoms with van der Waals surface area (Å²) in [6.45, 7) is 0. The van der Waals surface area contributed by atoms with Crippen LogP contribution < -0.4 is 0 Å². The predicted molar refractivity (Wildman–Crippen MR) is 49.0 cm³/mol. The first-order valence-corrected chi connectivity index (χ1v) is 4.20. The Morgan fingerprint density at radius 3 is 3.15 bits per heavy atom. The zero-order valence-corrected chi connectivity index (χ0v) is 7.31. The van der Waals surface area contributed by atoms with Crippen molar-refractivity contribution in [3.05, 3.63) is 35.7 Å². The summed E-state index contributed by atoms with van der Waals surface area (Å²) < 4.78 is 3.49. The van der Waals surface area contributed by atoms with Gasteiger partial charge in [-0.1, -0.05) is 17.7 Å². The topological polar surface area (TPSA) is 34.6 Å². The third-order valence-corrected chi connectivity index (χ3v) is 2.23. The Hall–Kier alpha value is -1.55. The molecule has 0 fully saturated rings. The van der Waals surface area contributed by atoms with Crippen LogP contribution in [-0.2, 0) is 0 Å². The largest absolute Gasteiger partial charge is 0.251 e. The highest BCUT2D eigenvalue weighted by Crippen LogP contribution is 2.14. The van der Waals surface area contributed by atoms with Crippen molar-refractivity contribution in [3.63, 3.8) is 0 Å². The third-order valence-electron chi connectivity index (χ3n) is 1.93. The van der Waals surface area contributed by atoms with Gasteiger partial charge in [0, 0.05) is 6.20 Å². The lowest BCUT2D eigenvalue weighted by molar-refractivity contribution is 0.993. The number of nitrogens with zero attached hydrogens (tertiary/aromatic N) is 4. The monoisotopic (exact) mass is 192 g/mol. The summed E-state index contributed by atoms with van der Waals surface area (Å²) in [6, 6.07) is 5.57. The van der Waals surface area contributed by atoms with E-state index in [9.17, 15) is 0 Å². The van der Waals surface area contributed by atoms with Gasteiger partial charge in [-0.25, -0.2) is 9.50 Å². The van der Waals surface area contributed by atoms with Gasteiger partial charge in [0.05, 0.1) is 6.20 Å². The molecule has 0 unspecified atom stereocenters. The third kappa shape index (κ3) is 0.805. The van der Waals surface area contributed by atoms with E-state index >= 15 is 0 Å². The van der Waals surface area contributed by atoms with Crippen molar-refractivity contribution in [2.75, 3.05) is 0 Å². The van der Waals surface area contributed by atoms with Gasteiger partial charge in [0.1, 0.15) is 5.15 Å². The summed E-state index contributed by atoms with van der Waals surface area (Å²) in [6.07, 6.45) is 3.48. The van der Waals surface area contributed by atoms with Crippen LogP contribution in [0.4, 0.5) is 0 Å². The first kappa shape index (κ1) is 6.91. The number of imidazole rings is 1. The number of hydrogen-bond acceptors (Lipinski definition) is 2. The Balaban J connectivity index is 2.68. The van der Waals surface area contributed by atoms with Crippen LogP contribution in [0.15, 0.2) is 30.6 Å². The number of fused-ring (bicyclic) bond motifs is 3. The van der Waals surface area contributed by atoms with Crippen molar-refractivity contribution in [1.82, 2.24) is 19.0 Å². The second-order valence-corrected chi connectivity index (χ2v) is 3.10. The smallest absolute Gasteiger partial charge is 0.237 e. The van der Waals surface area contributed by atoms with Crippen molar-refractivity contribution in [2.45, 2.75) is 0 Å². The van der Waals surface area contributed by atoms with Gasteiger partial charge < -0.3 is 0 Å². The van der Waals surface area contributed by atoms with E-state index < -0.39 is 0 Å². The SMILES string of the molecule is Clc1cccc2nn3ccnc3n12. The number of pyridine rings is 1. The minimum absolute atomic E-state index is 0.617. The van der Waals surface area contributed by atoms with Crippen molar-refractivity contribution in [2.24, 2.45) is 0 Å². The highest BCUT2D eigenvalue weighted by atomic mass is 35.5. The summed E-state index contributed by atoms with van der Waals surface area (Å²) in [7, 11) is 0. The van der Waals surface area contributed by atoms with E-state index in [0.29, 0.717) is 5.15 Å². The molecule has 4 nitrogen and oxygen atoms in total. The number of hydrogen-bond donors (Lipinski definition) is 0. The molecule has 0 saturated carbocycles. The Bertz CT molecular complexity index is 580. The van der Waals surface area contributed by atoms with Crippen LogP contribution in [0.2, 0.25) is 5.15 Å². The molecule has 0 aliphatic carbocycles. The van der Waals surface area contributed by atoms with Crippen LogP contribution >= 0.6 is 11.6 Å². The summed E-state index contributed by atoms with van der Waals surface area (Å²) >= 11 is 6.00. The highest BCUT2D eigenvalue weighted by Gasteiger charge is 2.06. The van der Waals surface area contributed by atoms with Crippen LogP contribution in [0.25, 0.3) is 11.4 Å². The van der Waals surface area contributed by atoms with Crippen LogP contribution in [0.1, 0.15) is 0 Å². The second kappa shape index (κ2) is 2.23. The average molecular weight is 193 g/mol. The highest BCUT2D eigenvalue weighted by molar-refractivity contribution is 6.29. The first-order valence-electron chi connectivity index (χ1n) is 3.82. The summed E-state index contributed by atoms with van der Waals surface area (Å²) in [5, 5.41) is 4.89. The van der Waals surface area contributed by atoms with Crippen molar-refractivity contribution >= 4 is 23.0 Å². The average Bonchev–Trinajstić information content (AvgIpc) is 2.62. The minimum Gasteiger partial charge on any atom is -0.251 e. The number of rotatable bonds is 0. The fraction of sp³-hybridized carbons (Fsp3) is 0. The van der Waals surface area contributed by atoms with Gasteiger partial charge in [-0.15, -0.1) is 5.10 Å². The van der Waals surface area contributed by atoms with E-state index in [1.54, 1.807) is 21.3 Å². The molecule has 3 aromatic heterocycles. The second-order valence-electron chi connectivity index (χ2n) is 2.71. The molecule has 0 radical (unpaired) electrons. The van der Waals surface area contributed by atoms with E-state index in [1.165, 1.54) is 0 Å². The molecule has 0 saturated heterocycles. The number of halogens is 1. The Morgan fingerprint density at radius 1 is 1.31 bits per heavy atom. The molecule has 0 aliphatic heterocycles. The summed E-state index contributed by atoms with van der Waals surface area (Å²) in [5.41, 5.74) is 0.801. The molecule has 0 amide bonds. The fourth-order valence-corrected chi connectivity index (χ4v) is 1.62. The Morgan fingerprint density at radius 2 is 2.23 bits per heavy atom. The predicted octanol–water partition coefficient (Wildman–Crippen LogP) is 1.64. The maximum absolute atomic E-state index is 6.00. The van der Waals surface area contributed by atoms with Gasteiger partial charge >= 0.3 is 0 Å². The Kier molecular flexibility index (Phi) is 1.19. The molecule has 3 aromatic rings. The molecule has 5 heteroatoms. The van der Waals surface area contributed by atoms with Gasteiger partial charge in [0.25, 0.3) is 0 Å². The maximum atomic E-state index is 6.00. The lowest BCUT2D eigenvalue weighted by Gasteiger charge is -1.93. The first-order chi connectivity index (χ1) is 6.36. The lowest BCUT2D eigenvalue weighted by atomic mass is 10.5. The van der Waals surface area contributed by atoms with Gasteiger partial charge in [-0.05, 0) is 12.1 Å². The summed E-state index contributed by atoms with van der Waals surface area (Å²) in [5.74, 6) is 0.737. The molecule has 0 bridgehead atoms. The van der Waals surface area contributed by atoms with E-state index in [4.69, 9.17) is 11.6 Å². The quantitative estimate of drug-likeness (QED) is 0.508. The molecule has 3 heterocycles. The minimum atomic E-state index is 0.617. The molecule has 0 spiro atoms. The van der Waals surface area contributed by atoms with E-state index in [-0.39, 0.29) is 0 Å². The van der Waals surface area contributed by atoms with E-state index in [2.05, 4.69) is 10.1 Å². The maximum Gasteiger partial charge on any atom is 0.237 e. The van der Waals surface area contributed by atoms with E-state index in [1.807, 2.05) is 18.2 Å². The van der Waals surface area contributed by atoms with Crippen molar-refractivity contribution < 1.29 is 0 Å². The van der Waals surface area contributed by atoms with Gasteiger partial charge in [-0.2, -0.15) is 0 Å². The molecular formula is C8H5ClN4. The van der Waals surface area contributed by atoms with Crippen LogP contribution in [0, 0.1) is 0 Å². The Labute approximate surface area is 78.4 Å². The zero-order valence-electron chi connectivity index (χ0n) is 6.55. The molecule has 64 valence electrons. The fourth-order valence-electron chi connectivity index (χ4n) is 1.39. The van der Waals surface area contributed by atoms with Gasteiger partial charge in [0.15, 0.2) is 5.65 Å².